The number of pyridine rings is 1. The first-order chi connectivity index (χ1) is 17.5. The van der Waals surface area contributed by atoms with Gasteiger partial charge >= 0.3 is 12.1 Å². The second-order valence-electron chi connectivity index (χ2n) is 9.94. The Kier molecular flexibility index (Phi) is 10.7. The van der Waals surface area contributed by atoms with E-state index in [2.05, 4.69) is 21.2 Å². The fourth-order valence-corrected chi connectivity index (χ4v) is 4.71. The molecule has 1 heterocycles. The highest BCUT2D eigenvalue weighted by atomic mass is 79.9. The molecule has 0 fully saturated rings. The fourth-order valence-electron chi connectivity index (χ4n) is 4.12. The lowest BCUT2D eigenvalue weighted by Crippen LogP contribution is -2.41. The number of nitrogens with zero attached hydrogens (tertiary/aromatic N) is 2. The van der Waals surface area contributed by atoms with Crippen molar-refractivity contribution in [3.05, 3.63) is 67.3 Å². The number of carboxylic acid groups (broad SMARTS) is 1. The number of aromatic nitrogens is 1. The maximum absolute atomic E-state index is 15.0. The van der Waals surface area contributed by atoms with Gasteiger partial charge in [0.25, 0.3) is 5.56 Å². The Morgan fingerprint density at radius 3 is 2.34 bits per heavy atom. The summed E-state index contributed by atoms with van der Waals surface area (Å²) in [5, 5.41) is 12.0. The zero-order valence-electron chi connectivity index (χ0n) is 21.8. The maximum atomic E-state index is 15.0. The van der Waals surface area contributed by atoms with Gasteiger partial charge in [0.05, 0.1) is 18.0 Å². The van der Waals surface area contributed by atoms with Gasteiger partial charge in [0.2, 0.25) is 5.91 Å². The van der Waals surface area contributed by atoms with E-state index < -0.39 is 53.5 Å². The van der Waals surface area contributed by atoms with Gasteiger partial charge in [0.15, 0.2) is 0 Å². The normalized spacial score (nSPS) is 13.6. The van der Waals surface area contributed by atoms with Gasteiger partial charge in [-0.1, -0.05) is 29.8 Å². The molecule has 2 N–H and O–H groups in total. The number of hydrogen-bond donors (Lipinski definition) is 2. The zero-order valence-corrected chi connectivity index (χ0v) is 23.4. The molecule has 0 bridgehead atoms. The second-order valence-corrected chi connectivity index (χ2v) is 10.9. The van der Waals surface area contributed by atoms with Crippen LogP contribution < -0.4 is 10.9 Å². The number of aliphatic carboxylic acids is 1. The van der Waals surface area contributed by atoms with Crippen molar-refractivity contribution in [3.63, 3.8) is 0 Å². The molecule has 0 saturated heterocycles. The Balaban J connectivity index is 2.60. The second kappa shape index (κ2) is 12.9. The van der Waals surface area contributed by atoms with Crippen molar-refractivity contribution in [2.45, 2.75) is 58.3 Å². The Hall–Kier alpha value is -2.73. The number of halogens is 5. The Labute approximate surface area is 227 Å². The van der Waals surface area contributed by atoms with Crippen LogP contribution in [0.3, 0.4) is 0 Å². The molecule has 0 saturated carbocycles. The first kappa shape index (κ1) is 31.5. The van der Waals surface area contributed by atoms with E-state index in [-0.39, 0.29) is 42.0 Å². The molecule has 7 nitrogen and oxygen atoms in total. The van der Waals surface area contributed by atoms with E-state index in [1.165, 1.54) is 19.1 Å². The number of carbonyl (C=O) groups is 2. The lowest BCUT2D eigenvalue weighted by molar-refractivity contribution is -0.139. The van der Waals surface area contributed by atoms with Crippen LogP contribution >= 0.6 is 15.9 Å². The first-order valence-electron chi connectivity index (χ1n) is 12.0. The number of nitrogens with one attached hydrogen (secondary N) is 1. The molecular weight excluding hydrogens is 574 g/mol. The van der Waals surface area contributed by atoms with Crippen molar-refractivity contribution < 1.29 is 32.3 Å². The minimum Gasteiger partial charge on any atom is -0.481 e. The van der Waals surface area contributed by atoms with Crippen molar-refractivity contribution in [2.75, 3.05) is 20.6 Å². The molecule has 0 radical (unpaired) electrons. The smallest absolute Gasteiger partial charge is 0.416 e. The summed E-state index contributed by atoms with van der Waals surface area (Å²) in [5.74, 6) is -2.96. The Bertz CT molecular complexity index is 1230. The third-order valence-electron chi connectivity index (χ3n) is 5.95. The van der Waals surface area contributed by atoms with Crippen molar-refractivity contribution in [1.29, 1.82) is 0 Å². The molecule has 0 aliphatic carbocycles. The molecule has 1 aromatic carbocycles. The van der Waals surface area contributed by atoms with E-state index >= 15 is 0 Å². The molecule has 38 heavy (non-hydrogen) atoms. The minimum atomic E-state index is -4.77. The predicted molar refractivity (Wildman–Crippen MR) is 138 cm³/mol. The number of carbonyl (C=O) groups excluding carboxylic acids is 1. The summed E-state index contributed by atoms with van der Waals surface area (Å²) in [4.78, 5) is 39.7. The van der Waals surface area contributed by atoms with Gasteiger partial charge in [0, 0.05) is 28.8 Å². The molecule has 1 amide bonds. The number of amides is 1. The molecule has 2 aromatic rings. The van der Waals surface area contributed by atoms with E-state index in [0.717, 1.165) is 10.8 Å². The number of rotatable bonds is 11. The third-order valence-corrected chi connectivity index (χ3v) is 6.41. The summed E-state index contributed by atoms with van der Waals surface area (Å²) >= 11 is 3.24. The molecule has 0 aliphatic heterocycles. The first-order valence-corrected chi connectivity index (χ1v) is 12.7. The van der Waals surface area contributed by atoms with Crippen LogP contribution in [0.4, 0.5) is 17.6 Å². The van der Waals surface area contributed by atoms with E-state index in [0.29, 0.717) is 10.5 Å². The lowest BCUT2D eigenvalue weighted by atomic mass is 9.98. The number of hydrogen-bond acceptors (Lipinski definition) is 4. The molecule has 1 unspecified atom stereocenters. The predicted octanol–water partition coefficient (Wildman–Crippen LogP) is 5.10. The highest BCUT2D eigenvalue weighted by Gasteiger charge is 2.36. The van der Waals surface area contributed by atoms with E-state index in [1.54, 1.807) is 32.8 Å². The number of likely N-dealkylation sites (N-methyl/N-ethyl adjacent to an activating group) is 1. The summed E-state index contributed by atoms with van der Waals surface area (Å²) in [5.41, 5.74) is -2.08. The standard InChI is InChI=1S/C26H32BrF4N3O4/c1-14(2)8-21(34-13-16(6-7-33(4)5)19(11-22(34)35)26(29,30)31)25(38)32-20(12-23(36)37)18-10-17(27)9-15(3)24(18)28/h9-11,13-14,20-21H,6-8,12H2,1-5H3,(H,32,38)(H,36,37)/t20?,21-/m0/s1. The van der Waals surface area contributed by atoms with Crippen molar-refractivity contribution >= 4 is 27.8 Å². The SMILES string of the molecule is Cc1cc(Br)cc(C(CC(=O)O)NC(=O)[C@H](CC(C)C)n2cc(CCN(C)C)c(C(F)(F)F)cc2=O)c1F. The van der Waals surface area contributed by atoms with Crippen LogP contribution in [0, 0.1) is 18.7 Å². The highest BCUT2D eigenvalue weighted by molar-refractivity contribution is 9.10. The van der Waals surface area contributed by atoms with E-state index in [9.17, 15) is 37.1 Å². The van der Waals surface area contributed by atoms with Gasteiger partial charge in [-0.3, -0.25) is 14.4 Å². The van der Waals surface area contributed by atoms with Crippen molar-refractivity contribution in [2.24, 2.45) is 5.92 Å². The summed E-state index contributed by atoms with van der Waals surface area (Å²) in [6.07, 6.45) is -4.31. The average molecular weight is 606 g/mol. The molecule has 1 aromatic heterocycles. The number of benzene rings is 1. The van der Waals surface area contributed by atoms with Gasteiger partial charge < -0.3 is 19.9 Å². The van der Waals surface area contributed by atoms with Gasteiger partial charge in [-0.05, 0) is 63.0 Å². The minimum absolute atomic E-state index is 0.0255. The fraction of sp³-hybridized carbons (Fsp3) is 0.500. The lowest BCUT2D eigenvalue weighted by Gasteiger charge is -2.26. The van der Waals surface area contributed by atoms with Crippen LogP contribution in [0.15, 0.2) is 33.7 Å². The topological polar surface area (TPSA) is 91.6 Å². The monoisotopic (exact) mass is 605 g/mol. The van der Waals surface area contributed by atoms with E-state index in [4.69, 9.17) is 0 Å². The van der Waals surface area contributed by atoms with Gasteiger partial charge in [0.1, 0.15) is 11.9 Å². The molecule has 0 spiro atoms. The Morgan fingerprint density at radius 2 is 1.82 bits per heavy atom. The zero-order chi connectivity index (χ0) is 28.9. The van der Waals surface area contributed by atoms with Crippen molar-refractivity contribution in [1.82, 2.24) is 14.8 Å². The highest BCUT2D eigenvalue weighted by Crippen LogP contribution is 2.33. The van der Waals surface area contributed by atoms with Crippen molar-refractivity contribution in [3.8, 4) is 0 Å². The average Bonchev–Trinajstić information content (AvgIpc) is 2.77. The van der Waals surface area contributed by atoms with Gasteiger partial charge in [-0.15, -0.1) is 0 Å². The molecule has 12 heteroatoms. The van der Waals surface area contributed by atoms with Crippen LogP contribution in [0.1, 0.15) is 61.0 Å². The number of alkyl halides is 3. The van der Waals surface area contributed by atoms with Crippen LogP contribution in [0.25, 0.3) is 0 Å². The Morgan fingerprint density at radius 1 is 1.18 bits per heavy atom. The largest absolute Gasteiger partial charge is 0.481 e. The third kappa shape index (κ3) is 8.39. The molecule has 2 rings (SSSR count). The van der Waals surface area contributed by atoms with Gasteiger partial charge in [-0.25, -0.2) is 4.39 Å². The number of carboxylic acids is 1. The summed E-state index contributed by atoms with van der Waals surface area (Å²) in [7, 11) is 3.40. The molecule has 2 atom stereocenters. The summed E-state index contributed by atoms with van der Waals surface area (Å²) in [6, 6.07) is 0.797. The van der Waals surface area contributed by atoms with Crippen LogP contribution in [-0.2, 0) is 22.2 Å². The maximum Gasteiger partial charge on any atom is 0.416 e. The summed E-state index contributed by atoms with van der Waals surface area (Å²) in [6.45, 7) is 5.30. The quantitative estimate of drug-likeness (QED) is 0.348. The van der Waals surface area contributed by atoms with Crippen LogP contribution in [0.5, 0.6) is 0 Å². The summed E-state index contributed by atoms with van der Waals surface area (Å²) < 4.78 is 57.5. The molecule has 0 aliphatic rings. The van der Waals surface area contributed by atoms with Crippen LogP contribution in [-0.4, -0.2) is 47.1 Å². The van der Waals surface area contributed by atoms with Gasteiger partial charge in [-0.2, -0.15) is 13.2 Å². The molecule has 210 valence electrons. The van der Waals surface area contributed by atoms with E-state index in [1.807, 2.05) is 0 Å². The molecular formula is C26H32BrF4N3O4. The number of aryl methyl sites for hydroxylation is 1. The van der Waals surface area contributed by atoms with Crippen LogP contribution in [0.2, 0.25) is 0 Å².